The third kappa shape index (κ3) is 5.61. The average Bonchev–Trinajstić information content (AvgIpc) is 3.46. The molecule has 9 nitrogen and oxygen atoms in total. The molecule has 0 spiro atoms. The lowest BCUT2D eigenvalue weighted by Crippen LogP contribution is -2.65. The molecule has 0 saturated carbocycles. The van der Waals surface area contributed by atoms with Crippen molar-refractivity contribution in [2.24, 2.45) is 5.92 Å². The number of nitrogens with zero attached hydrogens (tertiary/aromatic N) is 2. The van der Waals surface area contributed by atoms with Crippen LogP contribution < -0.4 is 10.1 Å². The highest BCUT2D eigenvalue weighted by Gasteiger charge is 2.43. The summed E-state index contributed by atoms with van der Waals surface area (Å²) in [4.78, 5) is 28.3. The van der Waals surface area contributed by atoms with Crippen LogP contribution in [0.2, 0.25) is 0 Å². The van der Waals surface area contributed by atoms with E-state index in [9.17, 15) is 18.0 Å². The SMILES string of the molecule is COc1cc(-c2ccco2)ccc1CNC(=O)[C@H]1CN(S(=O)(=O)c2ccccc2)C[C@@H](C)N1C(=O)C(C)C. The van der Waals surface area contributed by atoms with Crippen LogP contribution in [0.1, 0.15) is 26.3 Å². The molecule has 0 aliphatic carbocycles. The van der Waals surface area contributed by atoms with Crippen LogP contribution in [0.4, 0.5) is 0 Å². The van der Waals surface area contributed by atoms with E-state index in [1.807, 2.05) is 24.3 Å². The van der Waals surface area contributed by atoms with Gasteiger partial charge in [0, 0.05) is 42.7 Å². The summed E-state index contributed by atoms with van der Waals surface area (Å²) in [5.41, 5.74) is 1.56. The molecule has 1 aromatic heterocycles. The zero-order chi connectivity index (χ0) is 27.4. The second kappa shape index (κ2) is 11.4. The van der Waals surface area contributed by atoms with Gasteiger partial charge in [-0.15, -0.1) is 0 Å². The number of carbonyl (C=O) groups is 2. The van der Waals surface area contributed by atoms with Crippen molar-refractivity contribution in [3.8, 4) is 17.1 Å². The second-order valence-electron chi connectivity index (χ2n) is 9.62. The summed E-state index contributed by atoms with van der Waals surface area (Å²) in [6, 6.07) is 15.8. The number of methoxy groups -OCH3 is 1. The fraction of sp³-hybridized carbons (Fsp3) is 0.357. The Morgan fingerprint density at radius 3 is 2.45 bits per heavy atom. The number of benzene rings is 2. The van der Waals surface area contributed by atoms with Crippen molar-refractivity contribution in [3.63, 3.8) is 0 Å². The maximum atomic E-state index is 13.5. The van der Waals surface area contributed by atoms with Gasteiger partial charge >= 0.3 is 0 Å². The number of rotatable bonds is 8. The fourth-order valence-electron chi connectivity index (χ4n) is 4.65. The highest BCUT2D eigenvalue weighted by molar-refractivity contribution is 7.89. The van der Waals surface area contributed by atoms with Crippen molar-refractivity contribution in [1.82, 2.24) is 14.5 Å². The fourth-order valence-corrected chi connectivity index (χ4v) is 6.20. The molecule has 0 unspecified atom stereocenters. The highest BCUT2D eigenvalue weighted by atomic mass is 32.2. The van der Waals surface area contributed by atoms with Crippen LogP contribution in [0.3, 0.4) is 0 Å². The summed E-state index contributed by atoms with van der Waals surface area (Å²) in [5.74, 6) is 0.280. The van der Waals surface area contributed by atoms with Crippen LogP contribution in [-0.2, 0) is 26.2 Å². The quantitative estimate of drug-likeness (QED) is 0.469. The number of sulfonamides is 1. The van der Waals surface area contributed by atoms with Gasteiger partial charge in [0.15, 0.2) is 0 Å². The molecule has 10 heteroatoms. The van der Waals surface area contributed by atoms with Crippen LogP contribution in [-0.4, -0.2) is 61.7 Å². The molecular weight excluding hydrogens is 506 g/mol. The van der Waals surface area contributed by atoms with E-state index in [1.165, 1.54) is 21.3 Å². The Morgan fingerprint density at radius 2 is 1.82 bits per heavy atom. The number of amides is 2. The minimum atomic E-state index is -3.85. The van der Waals surface area contributed by atoms with Gasteiger partial charge in [0.2, 0.25) is 21.8 Å². The molecule has 0 radical (unpaired) electrons. The van der Waals surface area contributed by atoms with Crippen molar-refractivity contribution < 1.29 is 27.2 Å². The largest absolute Gasteiger partial charge is 0.496 e. The molecule has 1 aliphatic rings. The van der Waals surface area contributed by atoms with Crippen molar-refractivity contribution >= 4 is 21.8 Å². The molecule has 4 rings (SSSR count). The summed E-state index contributed by atoms with van der Waals surface area (Å²) >= 11 is 0. The first-order chi connectivity index (χ1) is 18.1. The van der Waals surface area contributed by atoms with Gasteiger partial charge < -0.3 is 19.4 Å². The maximum absolute atomic E-state index is 13.5. The molecule has 2 amide bonds. The highest BCUT2D eigenvalue weighted by Crippen LogP contribution is 2.28. The Bertz CT molecular complexity index is 1370. The summed E-state index contributed by atoms with van der Waals surface area (Å²) in [7, 11) is -2.30. The molecule has 2 heterocycles. The maximum Gasteiger partial charge on any atom is 0.244 e. The average molecular weight is 540 g/mol. The minimum Gasteiger partial charge on any atom is -0.496 e. The van der Waals surface area contributed by atoms with Gasteiger partial charge in [-0.25, -0.2) is 8.42 Å². The van der Waals surface area contributed by atoms with Crippen LogP contribution in [0, 0.1) is 5.92 Å². The smallest absolute Gasteiger partial charge is 0.244 e. The summed E-state index contributed by atoms with van der Waals surface area (Å²) in [6.45, 7) is 5.40. The Labute approximate surface area is 223 Å². The summed E-state index contributed by atoms with van der Waals surface area (Å²) in [5, 5.41) is 2.90. The number of piperazine rings is 1. The van der Waals surface area contributed by atoms with Crippen LogP contribution in [0.25, 0.3) is 11.3 Å². The normalized spacial score (nSPS) is 18.4. The van der Waals surface area contributed by atoms with E-state index >= 15 is 0 Å². The van der Waals surface area contributed by atoms with Crippen LogP contribution in [0.5, 0.6) is 5.75 Å². The number of furan rings is 1. The summed E-state index contributed by atoms with van der Waals surface area (Å²) < 4.78 is 39.0. The number of nitrogens with one attached hydrogen (secondary N) is 1. The topological polar surface area (TPSA) is 109 Å². The molecule has 1 N–H and O–H groups in total. The molecule has 1 aliphatic heterocycles. The molecule has 202 valence electrons. The predicted molar refractivity (Wildman–Crippen MR) is 143 cm³/mol. The van der Waals surface area contributed by atoms with E-state index in [1.54, 1.807) is 58.4 Å². The Morgan fingerprint density at radius 1 is 1.08 bits per heavy atom. The Kier molecular flexibility index (Phi) is 8.23. The van der Waals surface area contributed by atoms with Crippen molar-refractivity contribution in [3.05, 3.63) is 72.5 Å². The van der Waals surface area contributed by atoms with Gasteiger partial charge in [-0.3, -0.25) is 9.59 Å². The molecule has 2 aromatic carbocycles. The van der Waals surface area contributed by atoms with Crippen molar-refractivity contribution in [1.29, 1.82) is 0 Å². The van der Waals surface area contributed by atoms with E-state index < -0.39 is 28.0 Å². The van der Waals surface area contributed by atoms with Gasteiger partial charge in [0.05, 0.1) is 18.3 Å². The monoisotopic (exact) mass is 539 g/mol. The lowest BCUT2D eigenvalue weighted by atomic mass is 10.0. The first-order valence-electron chi connectivity index (χ1n) is 12.5. The van der Waals surface area contributed by atoms with E-state index in [2.05, 4.69) is 5.32 Å². The van der Waals surface area contributed by atoms with E-state index in [-0.39, 0.29) is 36.4 Å². The van der Waals surface area contributed by atoms with Gasteiger partial charge in [-0.1, -0.05) is 44.2 Å². The van der Waals surface area contributed by atoms with E-state index in [0.717, 1.165) is 11.1 Å². The first kappa shape index (κ1) is 27.4. The van der Waals surface area contributed by atoms with Gasteiger partial charge in [0.25, 0.3) is 0 Å². The predicted octanol–water partition coefficient (Wildman–Crippen LogP) is 3.52. The Balaban J connectivity index is 1.57. The number of carbonyl (C=O) groups excluding carboxylic acids is 2. The van der Waals surface area contributed by atoms with Gasteiger partial charge in [-0.2, -0.15) is 4.31 Å². The minimum absolute atomic E-state index is 0.0987. The summed E-state index contributed by atoms with van der Waals surface area (Å²) in [6.07, 6.45) is 1.59. The Hall–Kier alpha value is -3.63. The van der Waals surface area contributed by atoms with Crippen molar-refractivity contribution in [2.75, 3.05) is 20.2 Å². The molecule has 1 saturated heterocycles. The lowest BCUT2D eigenvalue weighted by Gasteiger charge is -2.44. The molecule has 2 atom stereocenters. The molecule has 0 bridgehead atoms. The number of hydrogen-bond acceptors (Lipinski definition) is 6. The number of ether oxygens (including phenoxy) is 1. The second-order valence-corrected chi connectivity index (χ2v) is 11.6. The van der Waals surface area contributed by atoms with Crippen LogP contribution >= 0.6 is 0 Å². The van der Waals surface area contributed by atoms with Crippen molar-refractivity contribution in [2.45, 2.75) is 44.3 Å². The third-order valence-electron chi connectivity index (χ3n) is 6.63. The zero-order valence-corrected chi connectivity index (χ0v) is 22.8. The van der Waals surface area contributed by atoms with E-state index in [0.29, 0.717) is 11.5 Å². The first-order valence-corrected chi connectivity index (χ1v) is 13.9. The third-order valence-corrected chi connectivity index (χ3v) is 8.48. The van der Waals surface area contributed by atoms with Crippen LogP contribution in [0.15, 0.2) is 76.2 Å². The molecule has 1 fully saturated rings. The zero-order valence-electron chi connectivity index (χ0n) is 22.0. The standard InChI is InChI=1S/C28H33N3O6S/c1-19(2)28(33)31-20(3)17-30(38(34,35)23-9-6-5-7-10-23)18-24(31)27(32)29-16-22-13-12-21(15-26(22)36-4)25-11-8-14-37-25/h5-15,19-20,24H,16-18H2,1-4H3,(H,29,32)/t20-,24-/m1/s1. The molecular formula is C28H33N3O6S. The lowest BCUT2D eigenvalue weighted by molar-refractivity contribution is -0.148. The van der Waals surface area contributed by atoms with E-state index in [4.69, 9.17) is 9.15 Å². The molecule has 3 aromatic rings. The van der Waals surface area contributed by atoms with Gasteiger partial charge in [-0.05, 0) is 37.3 Å². The number of hydrogen-bond donors (Lipinski definition) is 1. The molecule has 38 heavy (non-hydrogen) atoms. The van der Waals surface area contributed by atoms with Gasteiger partial charge in [0.1, 0.15) is 17.6 Å².